The van der Waals surface area contributed by atoms with Gasteiger partial charge in [0.1, 0.15) is 22.7 Å². The lowest BCUT2D eigenvalue weighted by atomic mass is 9.81. The zero-order valence-corrected chi connectivity index (χ0v) is 19.5. The smallest absolute Gasteiger partial charge is 0.433 e. The van der Waals surface area contributed by atoms with E-state index in [4.69, 9.17) is 9.72 Å². The van der Waals surface area contributed by atoms with Crippen molar-refractivity contribution in [1.82, 2.24) is 15.0 Å². The Hall–Kier alpha value is -3.15. The number of alkyl halides is 3. The minimum atomic E-state index is -4.47. The average Bonchev–Trinajstić information content (AvgIpc) is 2.81. The summed E-state index contributed by atoms with van der Waals surface area (Å²) < 4.78 is 43.5. The van der Waals surface area contributed by atoms with Crippen LogP contribution in [0.25, 0.3) is 0 Å². The summed E-state index contributed by atoms with van der Waals surface area (Å²) >= 11 is 0. The van der Waals surface area contributed by atoms with Crippen molar-refractivity contribution < 1.29 is 27.8 Å². The van der Waals surface area contributed by atoms with Gasteiger partial charge in [0.25, 0.3) is 5.91 Å². The third kappa shape index (κ3) is 4.13. The summed E-state index contributed by atoms with van der Waals surface area (Å²) in [5.41, 5.74) is -0.485. The minimum Gasteiger partial charge on any atom is -0.492 e. The molecule has 35 heavy (non-hydrogen) atoms. The van der Waals surface area contributed by atoms with Crippen LogP contribution >= 0.6 is 0 Å². The van der Waals surface area contributed by atoms with E-state index in [1.165, 1.54) is 6.07 Å². The maximum absolute atomic E-state index is 13.0. The fourth-order valence-corrected chi connectivity index (χ4v) is 4.82. The number of nitrogens with zero attached hydrogens (tertiary/aromatic N) is 5. The van der Waals surface area contributed by atoms with Crippen LogP contribution in [0.5, 0.6) is 5.75 Å². The van der Waals surface area contributed by atoms with Crippen molar-refractivity contribution in [2.24, 2.45) is 5.92 Å². The number of aromatic nitrogens is 3. The highest BCUT2D eigenvalue weighted by molar-refractivity contribution is 6.08. The molecule has 2 N–H and O–H groups in total. The van der Waals surface area contributed by atoms with Gasteiger partial charge in [-0.1, -0.05) is 0 Å². The molecule has 2 aliphatic heterocycles. The third-order valence-corrected chi connectivity index (χ3v) is 7.16. The lowest BCUT2D eigenvalue weighted by Gasteiger charge is -2.48. The number of carbonyl (C=O) groups is 1. The second-order valence-corrected chi connectivity index (χ2v) is 9.58. The third-order valence-electron chi connectivity index (χ3n) is 7.16. The average molecular weight is 493 g/mol. The number of hydrogen-bond donors (Lipinski definition) is 2. The first-order valence-corrected chi connectivity index (χ1v) is 11.6. The number of halogens is 3. The molecular formula is C23H27F3N6O3. The quantitative estimate of drug-likeness (QED) is 0.635. The van der Waals surface area contributed by atoms with Crippen molar-refractivity contribution in [2.75, 3.05) is 41.9 Å². The van der Waals surface area contributed by atoms with Crippen LogP contribution in [0.1, 0.15) is 37.6 Å². The van der Waals surface area contributed by atoms with Gasteiger partial charge < -0.3 is 25.0 Å². The van der Waals surface area contributed by atoms with Crippen LogP contribution in [0.15, 0.2) is 18.3 Å². The van der Waals surface area contributed by atoms with Crippen LogP contribution in [0.4, 0.5) is 30.6 Å². The first kappa shape index (κ1) is 23.6. The molecule has 1 aliphatic carbocycles. The van der Waals surface area contributed by atoms with Crippen molar-refractivity contribution >= 4 is 23.4 Å². The number of hydrogen-bond acceptors (Lipinski definition) is 8. The van der Waals surface area contributed by atoms with E-state index in [0.29, 0.717) is 30.7 Å². The maximum Gasteiger partial charge on any atom is 0.433 e. The molecule has 9 nitrogen and oxygen atoms in total. The van der Waals surface area contributed by atoms with Gasteiger partial charge in [-0.3, -0.25) is 4.79 Å². The molecule has 5 rings (SSSR count). The zero-order chi connectivity index (χ0) is 25.0. The number of aryl methyl sites for hydroxylation is 1. The van der Waals surface area contributed by atoms with Crippen molar-refractivity contribution in [3.8, 4) is 5.75 Å². The van der Waals surface area contributed by atoms with Gasteiger partial charge in [0, 0.05) is 19.6 Å². The normalized spacial score (nSPS) is 25.7. The first-order chi connectivity index (χ1) is 16.6. The number of aliphatic hydroxyl groups excluding tert-OH is 1. The SMILES string of the molecule is CN1c2nc(N[C@H]3C[C@@H](COc4ccc(C(F)(F)F)nc4)C3)nc3c2N(CCC3)C(=O)[C@]1(C)CO. The Morgan fingerprint density at radius 3 is 2.71 bits per heavy atom. The number of rotatable bonds is 6. The molecule has 0 aromatic carbocycles. The highest BCUT2D eigenvalue weighted by atomic mass is 19.4. The Morgan fingerprint density at radius 1 is 1.29 bits per heavy atom. The summed E-state index contributed by atoms with van der Waals surface area (Å²) in [6.07, 6.45) is -0.232. The molecule has 4 heterocycles. The van der Waals surface area contributed by atoms with E-state index in [1.807, 2.05) is 0 Å². The van der Waals surface area contributed by atoms with Crippen molar-refractivity contribution in [3.63, 3.8) is 0 Å². The molecule has 1 amide bonds. The molecule has 2 aromatic rings. The van der Waals surface area contributed by atoms with Gasteiger partial charge in [-0.05, 0) is 50.7 Å². The van der Waals surface area contributed by atoms with Gasteiger partial charge in [-0.15, -0.1) is 0 Å². The van der Waals surface area contributed by atoms with E-state index in [-0.39, 0.29) is 24.5 Å². The number of ether oxygens (including phenoxy) is 1. The largest absolute Gasteiger partial charge is 0.492 e. The van der Waals surface area contributed by atoms with Crippen LogP contribution < -0.4 is 19.9 Å². The summed E-state index contributed by atoms with van der Waals surface area (Å²) in [4.78, 5) is 29.3. The Bertz CT molecular complexity index is 1120. The molecule has 1 atom stereocenters. The summed E-state index contributed by atoms with van der Waals surface area (Å²) in [6.45, 7) is 2.36. The number of anilines is 3. The highest BCUT2D eigenvalue weighted by Gasteiger charge is 2.49. The maximum atomic E-state index is 13.0. The van der Waals surface area contributed by atoms with E-state index in [2.05, 4.69) is 15.3 Å². The lowest BCUT2D eigenvalue weighted by molar-refractivity contribution is -0.141. The van der Waals surface area contributed by atoms with Gasteiger partial charge in [0.2, 0.25) is 5.95 Å². The molecule has 1 fully saturated rings. The standard InChI is InChI=1S/C23H27F3N6O3/c1-22(12-33)20(34)32-7-3-4-16-18(32)19(31(22)2)30-21(29-16)28-14-8-13(9-14)11-35-15-5-6-17(27-10-15)23(24,25)26/h5-6,10,13-14,33H,3-4,7-9,11-12H2,1-2H3,(H,28,29,30)/t13-,14+,22-/m0/s1. The van der Waals surface area contributed by atoms with Crippen molar-refractivity contribution in [2.45, 2.75) is 50.4 Å². The Labute approximate surface area is 200 Å². The Balaban J connectivity index is 1.22. The lowest BCUT2D eigenvalue weighted by Crippen LogP contribution is -2.64. The van der Waals surface area contributed by atoms with Gasteiger partial charge in [-0.25, -0.2) is 9.97 Å². The van der Waals surface area contributed by atoms with Crippen LogP contribution in [0.2, 0.25) is 0 Å². The molecule has 0 saturated heterocycles. The monoisotopic (exact) mass is 492 g/mol. The minimum absolute atomic E-state index is 0.138. The second-order valence-electron chi connectivity index (χ2n) is 9.58. The fourth-order valence-electron chi connectivity index (χ4n) is 4.82. The fraction of sp³-hybridized carbons (Fsp3) is 0.565. The molecule has 12 heteroatoms. The highest BCUT2D eigenvalue weighted by Crippen LogP contribution is 2.43. The van der Waals surface area contributed by atoms with Crippen LogP contribution in [0, 0.1) is 5.92 Å². The van der Waals surface area contributed by atoms with Crippen molar-refractivity contribution in [1.29, 1.82) is 0 Å². The van der Waals surface area contributed by atoms with Crippen LogP contribution in [0.3, 0.4) is 0 Å². The summed E-state index contributed by atoms with van der Waals surface area (Å²) in [5.74, 6) is 1.52. The molecule has 2 aromatic heterocycles. The van der Waals surface area contributed by atoms with Crippen molar-refractivity contribution in [3.05, 3.63) is 29.7 Å². The number of pyridine rings is 1. The van der Waals surface area contributed by atoms with Gasteiger partial charge in [-0.2, -0.15) is 18.2 Å². The predicted octanol–water partition coefficient (Wildman–Crippen LogP) is 2.64. The number of amides is 1. The number of carbonyl (C=O) groups excluding carboxylic acids is 1. The van der Waals surface area contributed by atoms with E-state index >= 15 is 0 Å². The molecule has 0 radical (unpaired) electrons. The number of likely N-dealkylation sites (N-methyl/N-ethyl adjacent to an activating group) is 1. The van der Waals surface area contributed by atoms with E-state index in [1.54, 1.807) is 23.8 Å². The van der Waals surface area contributed by atoms with Crippen LogP contribution in [-0.2, 0) is 17.4 Å². The predicted molar refractivity (Wildman–Crippen MR) is 121 cm³/mol. The molecular weight excluding hydrogens is 465 g/mol. The van der Waals surface area contributed by atoms with E-state index in [0.717, 1.165) is 49.3 Å². The van der Waals surface area contributed by atoms with E-state index in [9.17, 15) is 23.1 Å². The summed E-state index contributed by atoms with van der Waals surface area (Å²) in [7, 11) is 1.76. The molecule has 3 aliphatic rings. The molecule has 0 spiro atoms. The molecule has 188 valence electrons. The van der Waals surface area contributed by atoms with Gasteiger partial charge in [0.15, 0.2) is 5.82 Å². The van der Waals surface area contributed by atoms with Gasteiger partial charge >= 0.3 is 6.18 Å². The molecule has 0 bridgehead atoms. The number of aliphatic hydroxyl groups is 1. The molecule has 0 unspecified atom stereocenters. The Morgan fingerprint density at radius 2 is 2.06 bits per heavy atom. The Kier molecular flexibility index (Phi) is 5.73. The van der Waals surface area contributed by atoms with Crippen LogP contribution in [-0.4, -0.2) is 64.4 Å². The van der Waals surface area contributed by atoms with E-state index < -0.39 is 17.4 Å². The summed E-state index contributed by atoms with van der Waals surface area (Å²) in [6, 6.07) is 2.33. The number of nitrogens with one attached hydrogen (secondary N) is 1. The first-order valence-electron chi connectivity index (χ1n) is 11.6. The summed E-state index contributed by atoms with van der Waals surface area (Å²) in [5, 5.41) is 13.3. The zero-order valence-electron chi connectivity index (χ0n) is 19.5. The topological polar surface area (TPSA) is 104 Å². The second kappa shape index (κ2) is 8.51. The van der Waals surface area contributed by atoms with Gasteiger partial charge in [0.05, 0.1) is 25.1 Å². The molecule has 1 saturated carbocycles.